The molecular weight excluding hydrogens is 306 g/mol. The van der Waals surface area contributed by atoms with E-state index in [0.717, 1.165) is 50.6 Å². The summed E-state index contributed by atoms with van der Waals surface area (Å²) in [7, 11) is 0. The predicted octanol–water partition coefficient (Wildman–Crippen LogP) is 5.24. The topological polar surface area (TPSA) is 32.3 Å². The molecule has 4 bridgehead atoms. The van der Waals surface area contributed by atoms with Crippen molar-refractivity contribution in [1.29, 1.82) is 0 Å². The molecule has 0 unspecified atom stereocenters. The van der Waals surface area contributed by atoms with Crippen molar-refractivity contribution in [2.45, 2.75) is 84.2 Å². The zero-order valence-electron chi connectivity index (χ0n) is 16.7. The van der Waals surface area contributed by atoms with E-state index in [1.165, 1.54) is 43.3 Å². The molecule has 2 heteroatoms. The lowest BCUT2D eigenvalue weighted by atomic mass is 9.49. The lowest BCUT2D eigenvalue weighted by molar-refractivity contribution is -0.176. The second kappa shape index (κ2) is 8.39. The molecule has 0 amide bonds. The van der Waals surface area contributed by atoms with Crippen molar-refractivity contribution in [3.05, 3.63) is 23.3 Å². The van der Waals surface area contributed by atoms with Gasteiger partial charge in [-0.05, 0) is 109 Å². The molecule has 0 spiro atoms. The van der Waals surface area contributed by atoms with Crippen LogP contribution in [0.25, 0.3) is 0 Å². The molecule has 2 N–H and O–H groups in total. The van der Waals surface area contributed by atoms with Crippen LogP contribution in [0.2, 0.25) is 0 Å². The summed E-state index contributed by atoms with van der Waals surface area (Å²) in [5.74, 6) is 3.11. The Morgan fingerprint density at radius 3 is 2.24 bits per heavy atom. The van der Waals surface area contributed by atoms with Crippen LogP contribution in [0.5, 0.6) is 0 Å². The summed E-state index contributed by atoms with van der Waals surface area (Å²) in [5, 5.41) is 14.9. The number of hydrogen-bond acceptors (Lipinski definition) is 2. The summed E-state index contributed by atoms with van der Waals surface area (Å²) in [6.07, 6.45) is 15.8. The van der Waals surface area contributed by atoms with Crippen LogP contribution < -0.4 is 5.32 Å². The van der Waals surface area contributed by atoms with E-state index in [1.807, 2.05) is 0 Å². The number of nitrogens with one attached hydrogen (secondary N) is 1. The first-order chi connectivity index (χ1) is 12.0. The molecule has 2 nitrogen and oxygen atoms in total. The van der Waals surface area contributed by atoms with Crippen LogP contribution in [0.15, 0.2) is 23.3 Å². The maximum Gasteiger partial charge on any atom is 0.0704 e. The van der Waals surface area contributed by atoms with Crippen LogP contribution in [0.3, 0.4) is 0 Å². The fourth-order valence-corrected chi connectivity index (χ4v) is 5.94. The van der Waals surface area contributed by atoms with E-state index in [0.29, 0.717) is 11.8 Å². The first-order valence-electron chi connectivity index (χ1n) is 10.7. The second-order valence-corrected chi connectivity index (χ2v) is 9.47. The highest BCUT2D eigenvalue weighted by atomic mass is 16.3. The van der Waals surface area contributed by atoms with Crippen molar-refractivity contribution in [3.8, 4) is 0 Å². The van der Waals surface area contributed by atoms with E-state index < -0.39 is 0 Å². The van der Waals surface area contributed by atoms with Gasteiger partial charge in [-0.3, -0.25) is 0 Å². The Morgan fingerprint density at radius 2 is 1.64 bits per heavy atom. The predicted molar refractivity (Wildman–Crippen MR) is 107 cm³/mol. The average Bonchev–Trinajstić information content (AvgIpc) is 2.55. The molecule has 4 fully saturated rings. The number of allylic oxidation sites excluding steroid dienone is 3. The minimum Gasteiger partial charge on any atom is -0.389 e. The molecule has 0 heterocycles. The molecule has 0 aliphatic heterocycles. The maximum atomic E-state index is 11.3. The summed E-state index contributed by atoms with van der Waals surface area (Å²) in [6, 6.07) is 0. The summed E-state index contributed by atoms with van der Waals surface area (Å²) < 4.78 is 0. The number of aliphatic hydroxyl groups is 1. The fraction of sp³-hybridized carbons (Fsp3) is 0.826. The van der Waals surface area contributed by atoms with Gasteiger partial charge in [-0.15, -0.1) is 0 Å². The summed E-state index contributed by atoms with van der Waals surface area (Å²) in [5.41, 5.74) is 2.56. The molecule has 4 aliphatic rings. The quantitative estimate of drug-likeness (QED) is 0.442. The lowest BCUT2D eigenvalue weighted by Gasteiger charge is -2.59. The van der Waals surface area contributed by atoms with Crippen LogP contribution in [-0.4, -0.2) is 23.8 Å². The Balaban J connectivity index is 1.33. The van der Waals surface area contributed by atoms with E-state index in [2.05, 4.69) is 38.2 Å². The zero-order valence-corrected chi connectivity index (χ0v) is 16.7. The normalized spacial score (nSPS) is 36.7. The summed E-state index contributed by atoms with van der Waals surface area (Å²) >= 11 is 0. The highest BCUT2D eigenvalue weighted by Gasteiger charge is 2.55. The smallest absolute Gasteiger partial charge is 0.0704 e. The van der Waals surface area contributed by atoms with Crippen molar-refractivity contribution in [3.63, 3.8) is 0 Å². The Morgan fingerprint density at radius 1 is 1.00 bits per heavy atom. The number of hydrogen-bond donors (Lipinski definition) is 2. The van der Waals surface area contributed by atoms with Crippen molar-refractivity contribution < 1.29 is 5.11 Å². The first kappa shape index (κ1) is 19.2. The molecule has 4 aliphatic carbocycles. The lowest BCUT2D eigenvalue weighted by Crippen LogP contribution is -2.57. The van der Waals surface area contributed by atoms with Crippen LogP contribution >= 0.6 is 0 Å². The van der Waals surface area contributed by atoms with Crippen LogP contribution in [0.4, 0.5) is 0 Å². The van der Waals surface area contributed by atoms with Gasteiger partial charge in [0.1, 0.15) is 0 Å². The van der Waals surface area contributed by atoms with Gasteiger partial charge >= 0.3 is 0 Å². The Kier molecular flexibility index (Phi) is 6.44. The molecule has 0 saturated heterocycles. The van der Waals surface area contributed by atoms with Gasteiger partial charge in [0.05, 0.1) is 5.60 Å². The second-order valence-electron chi connectivity index (χ2n) is 9.47. The molecule has 25 heavy (non-hydrogen) atoms. The monoisotopic (exact) mass is 345 g/mol. The third kappa shape index (κ3) is 4.77. The fourth-order valence-electron chi connectivity index (χ4n) is 5.94. The largest absolute Gasteiger partial charge is 0.389 e. The molecule has 4 rings (SSSR count). The summed E-state index contributed by atoms with van der Waals surface area (Å²) in [6.45, 7) is 8.57. The van der Waals surface area contributed by atoms with Gasteiger partial charge in [0.25, 0.3) is 0 Å². The van der Waals surface area contributed by atoms with E-state index in [4.69, 9.17) is 0 Å². The minimum absolute atomic E-state index is 0.328. The number of rotatable bonds is 9. The molecule has 0 atom stereocenters. The SMILES string of the molecule is CC(C)=CCC/C(C)=C/CNCCCC1(O)C2CC3CC(C2)CC1C3. The van der Waals surface area contributed by atoms with E-state index in [9.17, 15) is 5.11 Å². The van der Waals surface area contributed by atoms with Gasteiger partial charge in [0.2, 0.25) is 0 Å². The summed E-state index contributed by atoms with van der Waals surface area (Å²) in [4.78, 5) is 0. The average molecular weight is 346 g/mol. The molecule has 0 aromatic heterocycles. The third-order valence-corrected chi connectivity index (χ3v) is 7.17. The van der Waals surface area contributed by atoms with Crippen molar-refractivity contribution in [2.24, 2.45) is 23.7 Å². The Bertz CT molecular complexity index is 472. The van der Waals surface area contributed by atoms with Crippen molar-refractivity contribution >= 4 is 0 Å². The standard InChI is InChI=1S/C23H39NO/c1-17(2)6-4-7-18(3)8-11-24-10-5-9-23(25)21-13-19-12-20(15-21)16-22(23)14-19/h6,8,19-22,24-25H,4-5,7,9-16H2,1-3H3/b18-8+. The van der Waals surface area contributed by atoms with Crippen LogP contribution in [0, 0.1) is 23.7 Å². The molecule has 0 radical (unpaired) electrons. The van der Waals surface area contributed by atoms with Crippen LogP contribution in [-0.2, 0) is 0 Å². The highest BCUT2D eigenvalue weighted by molar-refractivity contribution is 5.07. The first-order valence-corrected chi connectivity index (χ1v) is 10.7. The van der Waals surface area contributed by atoms with E-state index in [1.54, 1.807) is 0 Å². The molecule has 0 aromatic carbocycles. The Labute approximate surface area is 155 Å². The molecule has 142 valence electrons. The highest BCUT2D eigenvalue weighted by Crippen LogP contribution is 2.59. The van der Waals surface area contributed by atoms with Gasteiger partial charge in [-0.2, -0.15) is 0 Å². The van der Waals surface area contributed by atoms with Gasteiger partial charge in [-0.1, -0.05) is 23.3 Å². The van der Waals surface area contributed by atoms with Gasteiger partial charge in [0.15, 0.2) is 0 Å². The van der Waals surface area contributed by atoms with E-state index >= 15 is 0 Å². The van der Waals surface area contributed by atoms with Gasteiger partial charge < -0.3 is 10.4 Å². The minimum atomic E-state index is -0.328. The van der Waals surface area contributed by atoms with Crippen LogP contribution in [0.1, 0.15) is 78.6 Å². The molecule has 0 aromatic rings. The molecular formula is C23H39NO. The maximum absolute atomic E-state index is 11.3. The van der Waals surface area contributed by atoms with Crippen molar-refractivity contribution in [1.82, 2.24) is 5.32 Å². The third-order valence-electron chi connectivity index (χ3n) is 7.17. The zero-order chi connectivity index (χ0) is 17.9. The van der Waals surface area contributed by atoms with E-state index in [-0.39, 0.29) is 5.60 Å². The van der Waals surface area contributed by atoms with Crippen molar-refractivity contribution in [2.75, 3.05) is 13.1 Å². The van der Waals surface area contributed by atoms with Gasteiger partial charge in [0, 0.05) is 6.54 Å². The van der Waals surface area contributed by atoms with Gasteiger partial charge in [-0.25, -0.2) is 0 Å². The Hall–Kier alpha value is -0.600. The molecule has 4 saturated carbocycles.